The molecule has 1 aromatic carbocycles. The zero-order valence-corrected chi connectivity index (χ0v) is 12.9. The van der Waals surface area contributed by atoms with Crippen LogP contribution >= 0.6 is 12.4 Å². The molecule has 1 aromatic rings. The Labute approximate surface area is 134 Å². The molecule has 2 heterocycles. The van der Waals surface area contributed by atoms with Gasteiger partial charge in [0, 0.05) is 31.2 Å². The zero-order valence-electron chi connectivity index (χ0n) is 12.1. The minimum atomic E-state index is -0.792. The first kappa shape index (κ1) is 17.0. The van der Waals surface area contributed by atoms with Gasteiger partial charge in [0.25, 0.3) is 5.91 Å². The Hall–Kier alpha value is -1.40. The Morgan fingerprint density at radius 2 is 2.05 bits per heavy atom. The van der Waals surface area contributed by atoms with E-state index in [1.807, 2.05) is 0 Å². The van der Waals surface area contributed by atoms with E-state index in [1.54, 1.807) is 4.90 Å². The van der Waals surface area contributed by atoms with Crippen LogP contribution in [0, 0.1) is 11.6 Å². The molecule has 0 saturated carbocycles. The largest absolute Gasteiger partial charge is 0.481 e. The number of hydrogen-bond acceptors (Lipinski definition) is 3. The van der Waals surface area contributed by atoms with Gasteiger partial charge in [-0.3, -0.25) is 4.79 Å². The molecule has 4 nitrogen and oxygen atoms in total. The van der Waals surface area contributed by atoms with Crippen molar-refractivity contribution in [3.8, 4) is 5.75 Å². The maximum absolute atomic E-state index is 13.4. The highest BCUT2D eigenvalue weighted by Gasteiger charge is 2.31. The first-order valence-electron chi connectivity index (χ1n) is 7.23. The van der Waals surface area contributed by atoms with Crippen molar-refractivity contribution in [3.05, 3.63) is 29.8 Å². The van der Waals surface area contributed by atoms with Crippen LogP contribution < -0.4 is 10.1 Å². The Bertz CT molecular complexity index is 544. The lowest BCUT2D eigenvalue weighted by atomic mass is 10.1. The van der Waals surface area contributed by atoms with Crippen molar-refractivity contribution in [3.63, 3.8) is 0 Å². The molecule has 2 atom stereocenters. The summed E-state index contributed by atoms with van der Waals surface area (Å²) in [5.74, 6) is -1.72. The van der Waals surface area contributed by atoms with Gasteiger partial charge in [-0.1, -0.05) is 0 Å². The molecule has 0 aromatic heterocycles. The molecule has 3 rings (SSSR count). The topological polar surface area (TPSA) is 41.6 Å². The van der Waals surface area contributed by atoms with Gasteiger partial charge in [0.15, 0.2) is 18.2 Å². The van der Waals surface area contributed by atoms with Crippen LogP contribution in [0.2, 0.25) is 0 Å². The van der Waals surface area contributed by atoms with Crippen molar-refractivity contribution >= 4 is 18.3 Å². The van der Waals surface area contributed by atoms with Gasteiger partial charge in [0.2, 0.25) is 0 Å². The predicted molar refractivity (Wildman–Crippen MR) is 80.2 cm³/mol. The number of amides is 1. The molecule has 0 radical (unpaired) electrons. The lowest BCUT2D eigenvalue weighted by Gasteiger charge is -2.24. The maximum Gasteiger partial charge on any atom is 0.260 e. The first-order chi connectivity index (χ1) is 10.1. The Balaban J connectivity index is 0.00000176. The van der Waals surface area contributed by atoms with E-state index in [2.05, 4.69) is 5.32 Å². The Morgan fingerprint density at radius 3 is 2.82 bits per heavy atom. The third-order valence-corrected chi connectivity index (χ3v) is 4.12. The molecular weight excluding hydrogens is 314 g/mol. The Morgan fingerprint density at radius 1 is 1.27 bits per heavy atom. The SMILES string of the molecule is Cl.O=C(COc1ccc(F)cc1F)N1CCC2CCC(C1)N2. The molecule has 7 heteroatoms. The van der Waals surface area contributed by atoms with E-state index in [0.29, 0.717) is 25.2 Å². The summed E-state index contributed by atoms with van der Waals surface area (Å²) in [5, 5.41) is 3.49. The van der Waals surface area contributed by atoms with Crippen LogP contribution in [0.25, 0.3) is 0 Å². The third-order valence-electron chi connectivity index (χ3n) is 4.12. The van der Waals surface area contributed by atoms with Crippen molar-refractivity contribution in [2.45, 2.75) is 31.3 Å². The number of halogens is 3. The highest BCUT2D eigenvalue weighted by molar-refractivity contribution is 5.85. The monoisotopic (exact) mass is 332 g/mol. The molecule has 22 heavy (non-hydrogen) atoms. The molecule has 2 bridgehead atoms. The summed E-state index contributed by atoms with van der Waals surface area (Å²) in [7, 11) is 0. The number of carbonyl (C=O) groups is 1. The number of nitrogens with one attached hydrogen (secondary N) is 1. The van der Waals surface area contributed by atoms with Crippen LogP contribution in [0.1, 0.15) is 19.3 Å². The average molecular weight is 333 g/mol. The quantitative estimate of drug-likeness (QED) is 0.922. The molecule has 2 fully saturated rings. The number of benzene rings is 1. The number of nitrogens with zero attached hydrogens (tertiary/aromatic N) is 1. The molecule has 2 aliphatic rings. The summed E-state index contributed by atoms with van der Waals surface area (Å²) in [6, 6.07) is 3.91. The highest BCUT2D eigenvalue weighted by Crippen LogP contribution is 2.21. The molecular formula is C15H19ClF2N2O2. The van der Waals surface area contributed by atoms with Gasteiger partial charge in [0.1, 0.15) is 5.82 Å². The Kier molecular flexibility index (Phi) is 5.58. The molecule has 122 valence electrons. The number of hydrogen-bond donors (Lipinski definition) is 1. The van der Waals surface area contributed by atoms with Crippen molar-refractivity contribution in [2.24, 2.45) is 0 Å². The van der Waals surface area contributed by atoms with E-state index in [4.69, 9.17) is 4.74 Å². The first-order valence-corrected chi connectivity index (χ1v) is 7.23. The number of rotatable bonds is 3. The molecule has 2 saturated heterocycles. The van der Waals surface area contributed by atoms with Crippen LogP contribution in [0.3, 0.4) is 0 Å². The highest BCUT2D eigenvalue weighted by atomic mass is 35.5. The van der Waals surface area contributed by atoms with E-state index < -0.39 is 11.6 Å². The van der Waals surface area contributed by atoms with Gasteiger partial charge in [-0.2, -0.15) is 0 Å². The van der Waals surface area contributed by atoms with Crippen molar-refractivity contribution in [1.29, 1.82) is 0 Å². The summed E-state index contributed by atoms with van der Waals surface area (Å²) in [4.78, 5) is 13.9. The van der Waals surface area contributed by atoms with Crippen LogP contribution in [0.4, 0.5) is 8.78 Å². The lowest BCUT2D eigenvalue weighted by molar-refractivity contribution is -0.133. The summed E-state index contributed by atoms with van der Waals surface area (Å²) in [5.41, 5.74) is 0. The number of carbonyl (C=O) groups excluding carboxylic acids is 1. The molecule has 1 N–H and O–H groups in total. The fourth-order valence-corrected chi connectivity index (χ4v) is 2.99. The summed E-state index contributed by atoms with van der Waals surface area (Å²) in [6.07, 6.45) is 3.19. The number of likely N-dealkylation sites (tertiary alicyclic amines) is 1. The van der Waals surface area contributed by atoms with Crippen molar-refractivity contribution in [2.75, 3.05) is 19.7 Å². The van der Waals surface area contributed by atoms with E-state index in [9.17, 15) is 13.6 Å². The van der Waals surface area contributed by atoms with Crippen LogP contribution in [-0.4, -0.2) is 42.6 Å². The van der Waals surface area contributed by atoms with E-state index in [0.717, 1.165) is 25.0 Å². The van der Waals surface area contributed by atoms with Crippen LogP contribution in [-0.2, 0) is 4.79 Å². The molecule has 0 spiro atoms. The zero-order chi connectivity index (χ0) is 14.8. The van der Waals surface area contributed by atoms with Gasteiger partial charge >= 0.3 is 0 Å². The van der Waals surface area contributed by atoms with E-state index >= 15 is 0 Å². The minimum Gasteiger partial charge on any atom is -0.481 e. The second-order valence-electron chi connectivity index (χ2n) is 5.63. The molecule has 2 unspecified atom stereocenters. The van der Waals surface area contributed by atoms with Crippen molar-refractivity contribution < 1.29 is 18.3 Å². The van der Waals surface area contributed by atoms with Crippen molar-refractivity contribution in [1.82, 2.24) is 10.2 Å². The molecule has 0 aliphatic carbocycles. The molecule has 2 aliphatic heterocycles. The normalized spacial score (nSPS) is 23.6. The van der Waals surface area contributed by atoms with Crippen LogP contribution in [0.15, 0.2) is 18.2 Å². The summed E-state index contributed by atoms with van der Waals surface area (Å²) >= 11 is 0. The van der Waals surface area contributed by atoms with E-state index in [1.165, 1.54) is 12.5 Å². The van der Waals surface area contributed by atoms with Gasteiger partial charge in [-0.05, 0) is 31.4 Å². The fourth-order valence-electron chi connectivity index (χ4n) is 2.99. The second-order valence-corrected chi connectivity index (χ2v) is 5.63. The van der Waals surface area contributed by atoms with Gasteiger partial charge in [-0.25, -0.2) is 8.78 Å². The fraction of sp³-hybridized carbons (Fsp3) is 0.533. The number of ether oxygens (including phenoxy) is 1. The average Bonchev–Trinajstić information content (AvgIpc) is 2.77. The standard InChI is InChI=1S/C15H18F2N2O2.ClH/c16-10-1-4-14(13(17)7-10)21-9-15(20)19-6-5-11-2-3-12(8-19)18-11;/h1,4,7,11-12,18H,2-3,5-6,8-9H2;1H. The summed E-state index contributed by atoms with van der Waals surface area (Å²) < 4.78 is 31.4. The molecule has 1 amide bonds. The minimum absolute atomic E-state index is 0. The number of fused-ring (bicyclic) bond motifs is 2. The second kappa shape index (κ2) is 7.24. The summed E-state index contributed by atoms with van der Waals surface area (Å²) in [6.45, 7) is 1.15. The lowest BCUT2D eigenvalue weighted by Crippen LogP contribution is -2.41. The smallest absolute Gasteiger partial charge is 0.260 e. The third kappa shape index (κ3) is 3.87. The maximum atomic E-state index is 13.4. The van der Waals surface area contributed by atoms with Gasteiger partial charge in [-0.15, -0.1) is 12.4 Å². The predicted octanol–water partition coefficient (Wildman–Crippen LogP) is 2.12. The van der Waals surface area contributed by atoms with Crippen LogP contribution in [0.5, 0.6) is 5.75 Å². The van der Waals surface area contributed by atoms with Gasteiger partial charge < -0.3 is 15.0 Å². The van der Waals surface area contributed by atoms with E-state index in [-0.39, 0.29) is 30.7 Å². The van der Waals surface area contributed by atoms with Gasteiger partial charge in [0.05, 0.1) is 0 Å².